The highest BCUT2D eigenvalue weighted by atomic mass is 35.5. The van der Waals surface area contributed by atoms with Crippen molar-refractivity contribution in [1.82, 2.24) is 10.3 Å². The van der Waals surface area contributed by atoms with Gasteiger partial charge in [0.15, 0.2) is 0 Å². The summed E-state index contributed by atoms with van der Waals surface area (Å²) in [5.41, 5.74) is 2.63. The Bertz CT molecular complexity index is 410. The van der Waals surface area contributed by atoms with Crippen molar-refractivity contribution in [2.45, 2.75) is 25.3 Å². The van der Waals surface area contributed by atoms with Crippen LogP contribution in [0.15, 0.2) is 24.4 Å². The summed E-state index contributed by atoms with van der Waals surface area (Å²) in [5.74, 6) is 0.815. The highest BCUT2D eigenvalue weighted by Gasteiger charge is 2.32. The highest BCUT2D eigenvalue weighted by Crippen LogP contribution is 2.35. The summed E-state index contributed by atoms with van der Waals surface area (Å²) in [4.78, 5) is 4.17. The van der Waals surface area contributed by atoms with Crippen LogP contribution in [0.5, 0.6) is 0 Å². The van der Waals surface area contributed by atoms with Crippen LogP contribution in [-0.2, 0) is 0 Å². The maximum absolute atomic E-state index is 5.82. The Kier molecular flexibility index (Phi) is 2.70. The number of nitrogens with one attached hydrogen (secondary N) is 1. The van der Waals surface area contributed by atoms with Crippen molar-refractivity contribution in [2.75, 3.05) is 6.54 Å². The summed E-state index contributed by atoms with van der Waals surface area (Å²) >= 11 is 5.82. The summed E-state index contributed by atoms with van der Waals surface area (Å²) in [5, 5.41) is 4.16. The van der Waals surface area contributed by atoms with E-state index in [-0.39, 0.29) is 0 Å². The summed E-state index contributed by atoms with van der Waals surface area (Å²) in [6, 6.07) is 4.48. The lowest BCUT2D eigenvalue weighted by molar-refractivity contribution is 0.470. The zero-order valence-electron chi connectivity index (χ0n) is 9.12. The van der Waals surface area contributed by atoms with E-state index in [1.807, 2.05) is 12.3 Å². The summed E-state index contributed by atoms with van der Waals surface area (Å²) in [6.07, 6.45) is 8.06. The van der Waals surface area contributed by atoms with Gasteiger partial charge in [-0.05, 0) is 48.9 Å². The molecule has 84 valence electrons. The molecule has 0 radical (unpaired) electrons. The Morgan fingerprint density at radius 3 is 3.06 bits per heavy atom. The first-order chi connectivity index (χ1) is 7.84. The number of fused-ring (bicyclic) bond motifs is 1. The third kappa shape index (κ3) is 1.76. The number of allylic oxidation sites excluding steroid dienone is 1. The molecule has 1 N–H and O–H groups in total. The summed E-state index contributed by atoms with van der Waals surface area (Å²) < 4.78 is 0. The minimum atomic E-state index is 0.539. The molecule has 0 unspecified atom stereocenters. The van der Waals surface area contributed by atoms with E-state index in [0.717, 1.165) is 12.5 Å². The van der Waals surface area contributed by atoms with Crippen LogP contribution in [0, 0.1) is 5.92 Å². The standard InChI is InChI=1S/C13H15ClN2/c14-12-5-4-10(8-16-12)11-3-1-2-9-6-7-15-13(9)11/h3-5,8-9,13,15H,1-2,6-7H2/t9-,13+/m0/s1. The molecular formula is C13H15ClN2. The second kappa shape index (κ2) is 4.19. The molecule has 3 rings (SSSR count). The molecule has 2 nitrogen and oxygen atoms in total. The first-order valence-electron chi connectivity index (χ1n) is 5.90. The first kappa shape index (κ1) is 10.3. The van der Waals surface area contributed by atoms with E-state index in [4.69, 9.17) is 11.6 Å². The molecule has 1 aromatic rings. The average molecular weight is 235 g/mol. The van der Waals surface area contributed by atoms with Crippen molar-refractivity contribution in [3.05, 3.63) is 35.1 Å². The summed E-state index contributed by atoms with van der Waals surface area (Å²) in [6.45, 7) is 1.15. The molecule has 0 saturated carbocycles. The third-order valence-corrected chi connectivity index (χ3v) is 3.87. The van der Waals surface area contributed by atoms with E-state index < -0.39 is 0 Å². The Labute approximate surface area is 101 Å². The van der Waals surface area contributed by atoms with E-state index in [1.165, 1.54) is 30.4 Å². The number of hydrogen-bond donors (Lipinski definition) is 1. The predicted octanol–water partition coefficient (Wildman–Crippen LogP) is 2.89. The zero-order valence-corrected chi connectivity index (χ0v) is 9.87. The van der Waals surface area contributed by atoms with Crippen molar-refractivity contribution in [3.8, 4) is 0 Å². The first-order valence-corrected chi connectivity index (χ1v) is 6.28. The minimum Gasteiger partial charge on any atom is -0.310 e. The van der Waals surface area contributed by atoms with Gasteiger partial charge in [-0.2, -0.15) is 0 Å². The number of rotatable bonds is 1. The monoisotopic (exact) mass is 234 g/mol. The van der Waals surface area contributed by atoms with Crippen molar-refractivity contribution < 1.29 is 0 Å². The summed E-state index contributed by atoms with van der Waals surface area (Å²) in [7, 11) is 0. The van der Waals surface area contributed by atoms with Crippen LogP contribution < -0.4 is 5.32 Å². The fourth-order valence-corrected chi connectivity index (χ4v) is 2.97. The zero-order chi connectivity index (χ0) is 11.0. The predicted molar refractivity (Wildman–Crippen MR) is 66.4 cm³/mol. The van der Waals surface area contributed by atoms with Gasteiger partial charge in [0.2, 0.25) is 0 Å². The number of halogens is 1. The van der Waals surface area contributed by atoms with Crippen molar-refractivity contribution >= 4 is 17.2 Å². The van der Waals surface area contributed by atoms with Gasteiger partial charge in [-0.1, -0.05) is 23.7 Å². The average Bonchev–Trinajstić information content (AvgIpc) is 2.78. The van der Waals surface area contributed by atoms with Gasteiger partial charge in [0, 0.05) is 12.2 Å². The topological polar surface area (TPSA) is 24.9 Å². The molecule has 2 aliphatic rings. The van der Waals surface area contributed by atoms with Gasteiger partial charge in [-0.15, -0.1) is 0 Å². The lowest BCUT2D eigenvalue weighted by Gasteiger charge is -2.26. The molecular weight excluding hydrogens is 220 g/mol. The van der Waals surface area contributed by atoms with Crippen molar-refractivity contribution in [3.63, 3.8) is 0 Å². The van der Waals surface area contributed by atoms with Gasteiger partial charge >= 0.3 is 0 Å². The van der Waals surface area contributed by atoms with Crippen LogP contribution >= 0.6 is 11.6 Å². The molecule has 1 aliphatic heterocycles. The SMILES string of the molecule is Clc1ccc(C2=CCC[C@H]3CCN[C@@H]23)cn1. The Morgan fingerprint density at radius 1 is 1.31 bits per heavy atom. The quantitative estimate of drug-likeness (QED) is 0.756. The molecule has 1 saturated heterocycles. The van der Waals surface area contributed by atoms with Gasteiger partial charge < -0.3 is 5.32 Å². The van der Waals surface area contributed by atoms with E-state index in [9.17, 15) is 0 Å². The van der Waals surface area contributed by atoms with E-state index in [0.29, 0.717) is 11.2 Å². The molecule has 2 heterocycles. The van der Waals surface area contributed by atoms with E-state index >= 15 is 0 Å². The van der Waals surface area contributed by atoms with Crippen LogP contribution in [0.2, 0.25) is 5.15 Å². The normalized spacial score (nSPS) is 28.7. The van der Waals surface area contributed by atoms with Crippen LogP contribution in [0.1, 0.15) is 24.8 Å². The third-order valence-electron chi connectivity index (χ3n) is 3.65. The number of nitrogens with zero attached hydrogens (tertiary/aromatic N) is 1. The smallest absolute Gasteiger partial charge is 0.129 e. The molecule has 3 heteroatoms. The Balaban J connectivity index is 1.93. The van der Waals surface area contributed by atoms with Gasteiger partial charge in [-0.3, -0.25) is 0 Å². The minimum absolute atomic E-state index is 0.539. The molecule has 2 atom stereocenters. The van der Waals surface area contributed by atoms with Crippen molar-refractivity contribution in [1.29, 1.82) is 0 Å². The van der Waals surface area contributed by atoms with Crippen molar-refractivity contribution in [2.24, 2.45) is 5.92 Å². The van der Waals surface area contributed by atoms with Crippen LogP contribution in [0.25, 0.3) is 5.57 Å². The molecule has 1 fully saturated rings. The van der Waals surface area contributed by atoms with Crippen LogP contribution in [0.3, 0.4) is 0 Å². The molecule has 0 amide bonds. The Hall–Kier alpha value is -0.860. The molecule has 1 aliphatic carbocycles. The highest BCUT2D eigenvalue weighted by molar-refractivity contribution is 6.29. The second-order valence-electron chi connectivity index (χ2n) is 4.59. The lowest BCUT2D eigenvalue weighted by Crippen LogP contribution is -2.30. The van der Waals surface area contributed by atoms with E-state index in [1.54, 1.807) is 0 Å². The number of hydrogen-bond acceptors (Lipinski definition) is 2. The molecule has 1 aromatic heterocycles. The molecule has 0 bridgehead atoms. The van der Waals surface area contributed by atoms with Gasteiger partial charge in [0.1, 0.15) is 5.15 Å². The second-order valence-corrected chi connectivity index (χ2v) is 4.97. The van der Waals surface area contributed by atoms with Crippen LogP contribution in [-0.4, -0.2) is 17.6 Å². The maximum Gasteiger partial charge on any atom is 0.129 e. The largest absolute Gasteiger partial charge is 0.310 e. The van der Waals surface area contributed by atoms with E-state index in [2.05, 4.69) is 22.4 Å². The lowest BCUT2D eigenvalue weighted by atomic mass is 9.82. The fourth-order valence-electron chi connectivity index (χ4n) is 2.86. The number of aromatic nitrogens is 1. The maximum atomic E-state index is 5.82. The molecule has 0 spiro atoms. The van der Waals surface area contributed by atoms with Crippen LogP contribution in [0.4, 0.5) is 0 Å². The fraction of sp³-hybridized carbons (Fsp3) is 0.462. The number of pyridine rings is 1. The van der Waals surface area contributed by atoms with Gasteiger partial charge in [-0.25, -0.2) is 4.98 Å². The Morgan fingerprint density at radius 2 is 2.25 bits per heavy atom. The molecule has 16 heavy (non-hydrogen) atoms. The van der Waals surface area contributed by atoms with Gasteiger partial charge in [0.05, 0.1) is 0 Å². The van der Waals surface area contributed by atoms with Gasteiger partial charge in [0.25, 0.3) is 0 Å². The molecule has 0 aromatic carbocycles.